The smallest absolute Gasteiger partial charge is 0.408 e. The molecule has 3 N–H and O–H groups in total. The van der Waals surface area contributed by atoms with Crippen molar-refractivity contribution in [3.05, 3.63) is 0 Å². The number of hydrogen-bond acceptors (Lipinski definition) is 4. The van der Waals surface area contributed by atoms with Crippen molar-refractivity contribution in [2.75, 3.05) is 19.7 Å². The van der Waals surface area contributed by atoms with Crippen LogP contribution in [0.4, 0.5) is 4.79 Å². The van der Waals surface area contributed by atoms with Gasteiger partial charge in [0.25, 0.3) is 0 Å². The second-order valence-corrected chi connectivity index (χ2v) is 7.54. The zero-order valence-corrected chi connectivity index (χ0v) is 14.8. The topological polar surface area (TPSA) is 70.6 Å². The first-order valence-electron chi connectivity index (χ1n) is 7.82. The van der Waals surface area contributed by atoms with Gasteiger partial charge in [-0.1, -0.05) is 27.7 Å². The summed E-state index contributed by atoms with van der Waals surface area (Å²) in [7, 11) is 0. The quantitative estimate of drug-likeness (QED) is 0.645. The van der Waals surface area contributed by atoms with Crippen LogP contribution in [0.3, 0.4) is 0 Å². The summed E-state index contributed by atoms with van der Waals surface area (Å²) in [5.74, 6) is 0. The van der Waals surface area contributed by atoms with E-state index in [9.17, 15) is 9.90 Å². The van der Waals surface area contributed by atoms with Gasteiger partial charge in [-0.15, -0.1) is 0 Å². The maximum Gasteiger partial charge on any atom is 0.408 e. The lowest BCUT2D eigenvalue weighted by atomic mass is 9.91. The van der Waals surface area contributed by atoms with Gasteiger partial charge in [0.1, 0.15) is 5.60 Å². The van der Waals surface area contributed by atoms with Crippen LogP contribution in [-0.2, 0) is 4.74 Å². The Bertz CT molecular complexity index is 318. The first-order chi connectivity index (χ1) is 9.49. The maximum absolute atomic E-state index is 12.0. The number of aliphatic hydroxyl groups excluding tert-OH is 1. The third-order valence-electron chi connectivity index (χ3n) is 3.61. The van der Waals surface area contributed by atoms with E-state index in [1.807, 2.05) is 34.6 Å². The molecule has 5 nitrogen and oxygen atoms in total. The average molecular weight is 302 g/mol. The van der Waals surface area contributed by atoms with E-state index in [1.165, 1.54) is 0 Å². The molecule has 0 saturated heterocycles. The highest BCUT2D eigenvalue weighted by Gasteiger charge is 2.30. The van der Waals surface area contributed by atoms with Crippen molar-refractivity contribution in [1.82, 2.24) is 10.6 Å². The fraction of sp³-hybridized carbons (Fsp3) is 0.938. The van der Waals surface area contributed by atoms with Gasteiger partial charge in [-0.2, -0.15) is 0 Å². The molecule has 0 aliphatic heterocycles. The molecular weight excluding hydrogens is 268 g/mol. The van der Waals surface area contributed by atoms with E-state index < -0.39 is 5.60 Å². The monoisotopic (exact) mass is 302 g/mol. The van der Waals surface area contributed by atoms with Crippen LogP contribution >= 0.6 is 0 Å². The summed E-state index contributed by atoms with van der Waals surface area (Å²) >= 11 is 0. The molecule has 0 fully saturated rings. The van der Waals surface area contributed by atoms with E-state index in [4.69, 9.17) is 4.74 Å². The van der Waals surface area contributed by atoms with Crippen molar-refractivity contribution in [1.29, 1.82) is 0 Å². The number of rotatable bonds is 8. The van der Waals surface area contributed by atoms with Crippen molar-refractivity contribution in [2.24, 2.45) is 5.41 Å². The van der Waals surface area contributed by atoms with Crippen molar-refractivity contribution in [3.63, 3.8) is 0 Å². The molecule has 0 radical (unpaired) electrons. The number of carbonyl (C=O) groups excluding carboxylic acids is 1. The molecule has 0 aliphatic carbocycles. The third-order valence-corrected chi connectivity index (χ3v) is 3.61. The zero-order valence-electron chi connectivity index (χ0n) is 14.8. The molecule has 5 heteroatoms. The lowest BCUT2D eigenvalue weighted by Gasteiger charge is -2.35. The van der Waals surface area contributed by atoms with Gasteiger partial charge in [-0.05, 0) is 33.6 Å². The molecule has 21 heavy (non-hydrogen) atoms. The van der Waals surface area contributed by atoms with Gasteiger partial charge in [0.2, 0.25) is 0 Å². The molecule has 1 amide bonds. The predicted molar refractivity (Wildman–Crippen MR) is 86.4 cm³/mol. The van der Waals surface area contributed by atoms with Crippen LogP contribution in [-0.4, -0.2) is 42.0 Å². The standard InChI is InChI=1S/C16H34N2O3/c1-8-16(9-2,11-17-10-15(6,7)12-19)18-13(20)21-14(3,4)5/h17,19H,8-12H2,1-7H3,(H,18,20). The largest absolute Gasteiger partial charge is 0.444 e. The normalized spacial score (nSPS) is 13.1. The van der Waals surface area contributed by atoms with Gasteiger partial charge < -0.3 is 20.5 Å². The molecule has 0 spiro atoms. The van der Waals surface area contributed by atoms with E-state index in [0.717, 1.165) is 12.8 Å². The first-order valence-corrected chi connectivity index (χ1v) is 7.82. The Labute approximate surface area is 129 Å². The fourth-order valence-electron chi connectivity index (χ4n) is 1.94. The van der Waals surface area contributed by atoms with Crippen molar-refractivity contribution in [3.8, 4) is 0 Å². The molecule has 0 aromatic rings. The van der Waals surface area contributed by atoms with Crippen molar-refractivity contribution >= 4 is 6.09 Å². The first kappa shape index (κ1) is 20.2. The van der Waals surface area contributed by atoms with Crippen LogP contribution < -0.4 is 10.6 Å². The lowest BCUT2D eigenvalue weighted by molar-refractivity contribution is 0.0443. The number of amides is 1. The molecule has 0 unspecified atom stereocenters. The van der Waals surface area contributed by atoms with Crippen LogP contribution in [0.25, 0.3) is 0 Å². The Balaban J connectivity index is 4.59. The highest BCUT2D eigenvalue weighted by atomic mass is 16.6. The second kappa shape index (κ2) is 7.99. The number of aliphatic hydroxyl groups is 1. The van der Waals surface area contributed by atoms with E-state index in [0.29, 0.717) is 13.1 Å². The Morgan fingerprint density at radius 1 is 1.05 bits per heavy atom. The SMILES string of the molecule is CCC(CC)(CNCC(C)(C)CO)NC(=O)OC(C)(C)C. The van der Waals surface area contributed by atoms with Crippen LogP contribution in [0.15, 0.2) is 0 Å². The minimum absolute atomic E-state index is 0.130. The summed E-state index contributed by atoms with van der Waals surface area (Å²) < 4.78 is 5.35. The number of carbonyl (C=O) groups is 1. The Hall–Kier alpha value is -0.810. The molecule has 0 bridgehead atoms. The van der Waals surface area contributed by atoms with E-state index in [1.54, 1.807) is 0 Å². The van der Waals surface area contributed by atoms with Crippen molar-refractivity contribution < 1.29 is 14.6 Å². The Morgan fingerprint density at radius 3 is 1.95 bits per heavy atom. The maximum atomic E-state index is 12.0. The summed E-state index contributed by atoms with van der Waals surface area (Å²) in [5, 5.41) is 15.6. The molecule has 0 saturated carbocycles. The summed E-state index contributed by atoms with van der Waals surface area (Å²) in [6.45, 7) is 15.2. The number of alkyl carbamates (subject to hydrolysis) is 1. The second-order valence-electron chi connectivity index (χ2n) is 7.54. The highest BCUT2D eigenvalue weighted by molar-refractivity contribution is 5.68. The summed E-state index contributed by atoms with van der Waals surface area (Å²) in [4.78, 5) is 12.0. The Morgan fingerprint density at radius 2 is 1.57 bits per heavy atom. The van der Waals surface area contributed by atoms with E-state index in [-0.39, 0.29) is 23.7 Å². The molecule has 0 atom stereocenters. The fourth-order valence-corrected chi connectivity index (χ4v) is 1.94. The highest BCUT2D eigenvalue weighted by Crippen LogP contribution is 2.17. The lowest BCUT2D eigenvalue weighted by Crippen LogP contribution is -2.56. The minimum Gasteiger partial charge on any atom is -0.444 e. The van der Waals surface area contributed by atoms with Gasteiger partial charge in [0, 0.05) is 25.1 Å². The number of ether oxygens (including phenoxy) is 1. The molecule has 0 rings (SSSR count). The van der Waals surface area contributed by atoms with Gasteiger partial charge in [-0.3, -0.25) is 0 Å². The zero-order chi connectivity index (χ0) is 16.7. The van der Waals surface area contributed by atoms with Gasteiger partial charge >= 0.3 is 6.09 Å². The van der Waals surface area contributed by atoms with Crippen LogP contribution in [0.5, 0.6) is 0 Å². The Kier molecular flexibility index (Phi) is 7.68. The average Bonchev–Trinajstić information content (AvgIpc) is 2.35. The van der Waals surface area contributed by atoms with Crippen molar-refractivity contribution in [2.45, 2.75) is 72.4 Å². The minimum atomic E-state index is -0.496. The molecule has 0 aromatic heterocycles. The summed E-state index contributed by atoms with van der Waals surface area (Å²) in [6, 6.07) is 0. The molecule has 126 valence electrons. The number of nitrogens with one attached hydrogen (secondary N) is 2. The molecular formula is C16H34N2O3. The van der Waals surface area contributed by atoms with E-state index in [2.05, 4.69) is 24.5 Å². The van der Waals surface area contributed by atoms with Gasteiger partial charge in [0.15, 0.2) is 0 Å². The van der Waals surface area contributed by atoms with Gasteiger partial charge in [-0.25, -0.2) is 4.79 Å². The van der Waals surface area contributed by atoms with Crippen LogP contribution in [0.1, 0.15) is 61.3 Å². The predicted octanol–water partition coefficient (Wildman–Crippen LogP) is 2.68. The number of hydrogen-bond donors (Lipinski definition) is 3. The van der Waals surface area contributed by atoms with Crippen LogP contribution in [0.2, 0.25) is 0 Å². The van der Waals surface area contributed by atoms with Crippen LogP contribution in [0, 0.1) is 5.41 Å². The molecule has 0 aliphatic rings. The van der Waals surface area contributed by atoms with Gasteiger partial charge in [0.05, 0.1) is 5.54 Å². The van der Waals surface area contributed by atoms with E-state index >= 15 is 0 Å². The third kappa shape index (κ3) is 8.27. The summed E-state index contributed by atoms with van der Waals surface area (Å²) in [5.41, 5.74) is -0.989. The molecule has 0 heterocycles. The summed E-state index contributed by atoms with van der Waals surface area (Å²) in [6.07, 6.45) is 1.25. The molecule has 0 aromatic carbocycles.